The van der Waals surface area contributed by atoms with Crippen LogP contribution in [0.2, 0.25) is 0 Å². The van der Waals surface area contributed by atoms with Crippen LogP contribution in [0.15, 0.2) is 12.1 Å². The van der Waals surface area contributed by atoms with Crippen LogP contribution in [0.3, 0.4) is 0 Å². The van der Waals surface area contributed by atoms with Crippen molar-refractivity contribution in [3.63, 3.8) is 0 Å². The number of aryl methyl sites for hydroxylation is 1. The molecule has 0 radical (unpaired) electrons. The van der Waals surface area contributed by atoms with Crippen LogP contribution in [-0.4, -0.2) is 55.6 Å². The van der Waals surface area contributed by atoms with Gasteiger partial charge in [0.15, 0.2) is 17.3 Å². The van der Waals surface area contributed by atoms with E-state index in [0.29, 0.717) is 34.8 Å². The number of Topliss-reactive ketones (excluding diaryl/α,β-unsaturated/α-hetero) is 1. The lowest BCUT2D eigenvalue weighted by molar-refractivity contribution is 0.0599. The first kappa shape index (κ1) is 20.9. The molecule has 1 atom stereocenters. The summed E-state index contributed by atoms with van der Waals surface area (Å²) < 4.78 is 15.7. The lowest BCUT2D eigenvalue weighted by Gasteiger charge is -2.33. The molecule has 3 rings (SSSR count). The zero-order valence-corrected chi connectivity index (χ0v) is 17.8. The highest BCUT2D eigenvalue weighted by atomic mass is 16.5. The summed E-state index contributed by atoms with van der Waals surface area (Å²) in [6.45, 7) is 6.86. The van der Waals surface area contributed by atoms with Crippen molar-refractivity contribution >= 4 is 11.8 Å². The van der Waals surface area contributed by atoms with E-state index in [1.54, 1.807) is 28.1 Å². The van der Waals surface area contributed by atoms with Crippen LogP contribution >= 0.6 is 0 Å². The van der Waals surface area contributed by atoms with Crippen LogP contribution in [0.5, 0.6) is 11.5 Å². The number of nitrogens with one attached hydrogen (secondary N) is 1. The highest BCUT2D eigenvalue weighted by Gasteiger charge is 2.30. The summed E-state index contributed by atoms with van der Waals surface area (Å²) in [6.07, 6.45) is 0.823. The van der Waals surface area contributed by atoms with Crippen molar-refractivity contribution in [1.82, 2.24) is 9.88 Å². The Morgan fingerprint density at radius 1 is 1.07 bits per heavy atom. The molecule has 1 aliphatic rings. The Morgan fingerprint density at radius 3 is 2.28 bits per heavy atom. The summed E-state index contributed by atoms with van der Waals surface area (Å²) in [7, 11) is 4.59. The quantitative estimate of drug-likeness (QED) is 0.593. The van der Waals surface area contributed by atoms with Crippen LogP contribution in [0, 0.1) is 13.8 Å². The zero-order valence-electron chi connectivity index (χ0n) is 17.8. The number of rotatable bonds is 6. The summed E-state index contributed by atoms with van der Waals surface area (Å²) in [5, 5.41) is 0. The first-order valence-corrected chi connectivity index (χ1v) is 9.61. The fourth-order valence-corrected chi connectivity index (χ4v) is 4.01. The van der Waals surface area contributed by atoms with Gasteiger partial charge in [-0.05, 0) is 56.0 Å². The minimum absolute atomic E-state index is 0.0373. The van der Waals surface area contributed by atoms with Gasteiger partial charge in [-0.3, -0.25) is 9.69 Å². The van der Waals surface area contributed by atoms with E-state index in [1.807, 2.05) is 19.1 Å². The number of esters is 1. The number of hydrogen-bond acceptors (Lipinski definition) is 6. The van der Waals surface area contributed by atoms with Crippen molar-refractivity contribution < 1.29 is 23.8 Å². The number of nitrogens with zero attached hydrogens (tertiary/aromatic N) is 1. The van der Waals surface area contributed by atoms with Gasteiger partial charge in [-0.15, -0.1) is 0 Å². The first-order chi connectivity index (χ1) is 13.8. The molecule has 0 amide bonds. The highest BCUT2D eigenvalue weighted by molar-refractivity contribution is 6.03. The number of carbonyl (C=O) groups excluding carboxylic acids is 2. The average molecular weight is 400 g/mol. The monoisotopic (exact) mass is 400 g/mol. The first-order valence-electron chi connectivity index (χ1n) is 9.61. The lowest BCUT2D eigenvalue weighted by Crippen LogP contribution is -2.42. The molecular weight excluding hydrogens is 372 g/mol. The lowest BCUT2D eigenvalue weighted by atomic mass is 9.96. The van der Waals surface area contributed by atoms with Gasteiger partial charge in [0.1, 0.15) is 0 Å². The van der Waals surface area contributed by atoms with E-state index in [1.165, 1.54) is 12.7 Å². The number of fused-ring (bicyclic) bond motifs is 1. The molecular formula is C22H28N2O5. The topological polar surface area (TPSA) is 80.9 Å². The molecule has 0 fully saturated rings. The molecule has 7 heteroatoms. The van der Waals surface area contributed by atoms with Crippen molar-refractivity contribution in [2.75, 3.05) is 27.9 Å². The Labute approximate surface area is 170 Å². The van der Waals surface area contributed by atoms with Crippen molar-refractivity contribution in [3.8, 4) is 11.5 Å². The number of H-pyrrole nitrogens is 1. The summed E-state index contributed by atoms with van der Waals surface area (Å²) in [4.78, 5) is 30.5. The van der Waals surface area contributed by atoms with Gasteiger partial charge in [-0.25, -0.2) is 4.79 Å². The maximum absolute atomic E-state index is 13.2. The molecule has 0 aliphatic carbocycles. The van der Waals surface area contributed by atoms with Gasteiger partial charge >= 0.3 is 5.97 Å². The molecule has 2 aromatic rings. The zero-order chi connectivity index (χ0) is 21.3. The predicted octanol–water partition coefficient (Wildman–Crippen LogP) is 3.06. The molecule has 0 unspecified atom stereocenters. The molecule has 1 aromatic heterocycles. The van der Waals surface area contributed by atoms with Gasteiger partial charge in [0.25, 0.3) is 0 Å². The molecule has 29 heavy (non-hydrogen) atoms. The van der Waals surface area contributed by atoms with Crippen LogP contribution in [-0.2, 0) is 17.7 Å². The minimum Gasteiger partial charge on any atom is -0.493 e. The normalized spacial score (nSPS) is 14.8. The minimum atomic E-state index is -0.434. The molecule has 1 aromatic carbocycles. The molecule has 7 nitrogen and oxygen atoms in total. The number of methoxy groups -OCH3 is 3. The summed E-state index contributed by atoms with van der Waals surface area (Å²) in [5.74, 6) is 0.933. The molecule has 2 heterocycles. The number of hydrogen-bond donors (Lipinski definition) is 1. The van der Waals surface area contributed by atoms with E-state index in [-0.39, 0.29) is 11.8 Å². The molecule has 1 N–H and O–H groups in total. The third-order valence-electron chi connectivity index (χ3n) is 5.75. The van der Waals surface area contributed by atoms with E-state index >= 15 is 0 Å². The van der Waals surface area contributed by atoms with Crippen molar-refractivity contribution in [2.24, 2.45) is 0 Å². The predicted molar refractivity (Wildman–Crippen MR) is 109 cm³/mol. The number of ether oxygens (including phenoxy) is 3. The second-order valence-electron chi connectivity index (χ2n) is 7.35. The van der Waals surface area contributed by atoms with E-state index in [4.69, 9.17) is 14.2 Å². The molecule has 0 spiro atoms. The Kier molecular flexibility index (Phi) is 5.98. The number of aromatic amines is 1. The van der Waals surface area contributed by atoms with Crippen molar-refractivity contribution in [2.45, 2.75) is 39.8 Å². The second-order valence-corrected chi connectivity index (χ2v) is 7.35. The van der Waals surface area contributed by atoms with E-state index in [2.05, 4.69) is 9.88 Å². The third-order valence-corrected chi connectivity index (χ3v) is 5.75. The number of benzene rings is 1. The largest absolute Gasteiger partial charge is 0.493 e. The second kappa shape index (κ2) is 8.29. The van der Waals surface area contributed by atoms with Gasteiger partial charge in [0, 0.05) is 18.8 Å². The molecule has 156 valence electrons. The fourth-order valence-electron chi connectivity index (χ4n) is 4.01. The van der Waals surface area contributed by atoms with Crippen LogP contribution in [0.25, 0.3) is 0 Å². The Hall–Kier alpha value is -2.80. The average Bonchev–Trinajstić information content (AvgIpc) is 3.04. The van der Waals surface area contributed by atoms with Crippen molar-refractivity contribution in [1.29, 1.82) is 0 Å². The maximum Gasteiger partial charge on any atom is 0.339 e. The Bertz CT molecular complexity index is 947. The molecule has 0 bridgehead atoms. The van der Waals surface area contributed by atoms with Gasteiger partial charge in [0.05, 0.1) is 38.6 Å². The SMILES string of the molecule is COC(=O)c1c(C)[nH]c(C(=O)[C@@H](C)N2CCc3cc(OC)c(OC)cc3C2)c1C. The van der Waals surface area contributed by atoms with Gasteiger partial charge < -0.3 is 19.2 Å². The maximum atomic E-state index is 13.2. The van der Waals surface area contributed by atoms with Gasteiger partial charge in [0.2, 0.25) is 0 Å². The number of carbonyl (C=O) groups is 2. The summed E-state index contributed by atoms with van der Waals surface area (Å²) in [5.41, 5.74) is 4.51. The van der Waals surface area contributed by atoms with Crippen LogP contribution < -0.4 is 9.47 Å². The molecule has 0 saturated heterocycles. The van der Waals surface area contributed by atoms with E-state index in [0.717, 1.165) is 24.3 Å². The smallest absolute Gasteiger partial charge is 0.339 e. The van der Waals surface area contributed by atoms with E-state index in [9.17, 15) is 9.59 Å². The Balaban J connectivity index is 1.84. The summed E-state index contributed by atoms with van der Waals surface area (Å²) in [6, 6.07) is 3.66. The standard InChI is InChI=1S/C22H28N2O5/c1-12-19(22(26)29-6)13(2)23-20(12)21(25)14(3)24-8-7-15-9-17(27-4)18(28-5)10-16(15)11-24/h9-10,14,23H,7-8,11H2,1-6H3/t14-/m1/s1. The highest BCUT2D eigenvalue weighted by Crippen LogP contribution is 2.34. The Morgan fingerprint density at radius 2 is 1.69 bits per heavy atom. The number of ketones is 1. The van der Waals surface area contributed by atoms with Crippen LogP contribution in [0.1, 0.15) is 50.2 Å². The van der Waals surface area contributed by atoms with Gasteiger partial charge in [-0.1, -0.05) is 0 Å². The van der Waals surface area contributed by atoms with Gasteiger partial charge in [-0.2, -0.15) is 0 Å². The number of aromatic nitrogens is 1. The summed E-state index contributed by atoms with van der Waals surface area (Å²) >= 11 is 0. The van der Waals surface area contributed by atoms with E-state index < -0.39 is 5.97 Å². The third kappa shape index (κ3) is 3.74. The van der Waals surface area contributed by atoms with Crippen LogP contribution in [0.4, 0.5) is 0 Å². The molecule has 1 aliphatic heterocycles. The van der Waals surface area contributed by atoms with Crippen molar-refractivity contribution in [3.05, 3.63) is 45.8 Å². The molecule has 0 saturated carbocycles. The fraction of sp³-hybridized carbons (Fsp3) is 0.455.